The van der Waals surface area contributed by atoms with Crippen LogP contribution in [0.2, 0.25) is 0 Å². The minimum absolute atomic E-state index is 0.0570. The van der Waals surface area contributed by atoms with Crippen molar-refractivity contribution < 1.29 is 13.2 Å². The molecular weight excluding hydrogens is 251 g/mol. The fourth-order valence-electron chi connectivity index (χ4n) is 3.00. The number of halogens is 3. The summed E-state index contributed by atoms with van der Waals surface area (Å²) in [5.41, 5.74) is 0. The van der Waals surface area contributed by atoms with Crippen molar-refractivity contribution in [2.75, 3.05) is 0 Å². The molecule has 0 radical (unpaired) electrons. The van der Waals surface area contributed by atoms with E-state index in [1.807, 2.05) is 0 Å². The number of rotatable bonds is 7. The van der Waals surface area contributed by atoms with Crippen LogP contribution in [0.4, 0.5) is 13.2 Å². The maximum Gasteiger partial charge on any atom is 0.391 e. The van der Waals surface area contributed by atoms with Crippen molar-refractivity contribution in [1.82, 2.24) is 5.32 Å². The van der Waals surface area contributed by atoms with Crippen LogP contribution >= 0.6 is 0 Å². The Balaban J connectivity index is 2.24. The number of nitrogens with one attached hydrogen (secondary N) is 1. The molecule has 0 aromatic heterocycles. The van der Waals surface area contributed by atoms with Crippen LogP contribution in [0.25, 0.3) is 0 Å². The van der Waals surface area contributed by atoms with Crippen molar-refractivity contribution in [1.29, 1.82) is 0 Å². The van der Waals surface area contributed by atoms with Gasteiger partial charge >= 0.3 is 6.18 Å². The van der Waals surface area contributed by atoms with E-state index in [2.05, 4.69) is 19.2 Å². The van der Waals surface area contributed by atoms with Crippen LogP contribution < -0.4 is 5.32 Å². The maximum absolute atomic E-state index is 12.7. The summed E-state index contributed by atoms with van der Waals surface area (Å²) in [6.07, 6.45) is 4.13. The topological polar surface area (TPSA) is 12.0 Å². The molecule has 1 N–H and O–H groups in total. The summed E-state index contributed by atoms with van der Waals surface area (Å²) in [6.45, 7) is 4.28. The first-order valence-electron chi connectivity index (χ1n) is 7.76. The van der Waals surface area contributed by atoms with Crippen LogP contribution in [0.1, 0.15) is 71.6 Å². The smallest absolute Gasteiger partial charge is 0.311 e. The molecular formula is C15H28F3N. The molecule has 0 bridgehead atoms. The van der Waals surface area contributed by atoms with Gasteiger partial charge in [0.25, 0.3) is 0 Å². The van der Waals surface area contributed by atoms with Crippen molar-refractivity contribution in [3.05, 3.63) is 0 Å². The summed E-state index contributed by atoms with van der Waals surface area (Å²) < 4.78 is 38.1. The van der Waals surface area contributed by atoms with E-state index >= 15 is 0 Å². The Labute approximate surface area is 115 Å². The first kappa shape index (κ1) is 16.8. The molecule has 3 unspecified atom stereocenters. The quantitative estimate of drug-likeness (QED) is 0.643. The molecule has 0 spiro atoms. The Morgan fingerprint density at radius 3 is 2.53 bits per heavy atom. The molecule has 1 aliphatic rings. The predicted octanol–water partition coefficient (Wildman–Crippen LogP) is 5.06. The summed E-state index contributed by atoms with van der Waals surface area (Å²) in [6, 6.07) is 0.399. The highest BCUT2D eigenvalue weighted by Gasteiger charge is 2.42. The van der Waals surface area contributed by atoms with Gasteiger partial charge in [0.15, 0.2) is 0 Å². The van der Waals surface area contributed by atoms with E-state index in [1.165, 1.54) is 25.7 Å². The predicted molar refractivity (Wildman–Crippen MR) is 73.2 cm³/mol. The van der Waals surface area contributed by atoms with Crippen LogP contribution in [0, 0.1) is 5.92 Å². The Morgan fingerprint density at radius 2 is 1.89 bits per heavy atom. The molecule has 0 saturated heterocycles. The van der Waals surface area contributed by atoms with Crippen molar-refractivity contribution >= 4 is 0 Å². The fraction of sp³-hybridized carbons (Fsp3) is 1.00. The normalized spacial score (nSPS) is 26.4. The summed E-state index contributed by atoms with van der Waals surface area (Å²) in [7, 11) is 0. The lowest BCUT2D eigenvalue weighted by atomic mass is 9.85. The van der Waals surface area contributed by atoms with Crippen LogP contribution in [-0.4, -0.2) is 18.3 Å². The SMILES string of the molecule is CCCCCCC(C)NC1CCCC(C(F)(F)F)C1. The van der Waals surface area contributed by atoms with Gasteiger partial charge in [0.1, 0.15) is 0 Å². The average molecular weight is 279 g/mol. The number of hydrogen-bond acceptors (Lipinski definition) is 1. The first-order chi connectivity index (χ1) is 8.93. The molecule has 0 heterocycles. The molecule has 1 saturated carbocycles. The maximum atomic E-state index is 12.7. The van der Waals surface area contributed by atoms with Crippen molar-refractivity contribution in [2.45, 2.75) is 89.9 Å². The van der Waals surface area contributed by atoms with E-state index in [1.54, 1.807) is 0 Å². The minimum Gasteiger partial charge on any atom is -0.311 e. The highest BCUT2D eigenvalue weighted by Crippen LogP contribution is 2.37. The van der Waals surface area contributed by atoms with Gasteiger partial charge in [-0.2, -0.15) is 13.2 Å². The number of alkyl halides is 3. The molecule has 1 aliphatic carbocycles. The fourth-order valence-corrected chi connectivity index (χ4v) is 3.00. The average Bonchev–Trinajstić information content (AvgIpc) is 2.34. The standard InChI is InChI=1S/C15H28F3N/c1-3-4-5-6-8-12(2)19-14-10-7-9-13(11-14)15(16,17)18/h12-14,19H,3-11H2,1-2H3. The van der Waals surface area contributed by atoms with Gasteiger partial charge in [0, 0.05) is 12.1 Å². The zero-order valence-corrected chi connectivity index (χ0v) is 12.2. The second-order valence-corrected chi connectivity index (χ2v) is 6.02. The van der Waals surface area contributed by atoms with Crippen molar-refractivity contribution in [3.8, 4) is 0 Å². The van der Waals surface area contributed by atoms with Gasteiger partial charge in [-0.25, -0.2) is 0 Å². The van der Waals surface area contributed by atoms with E-state index in [0.29, 0.717) is 18.9 Å². The Kier molecular flexibility index (Phi) is 7.19. The monoisotopic (exact) mass is 279 g/mol. The van der Waals surface area contributed by atoms with Crippen molar-refractivity contribution in [3.63, 3.8) is 0 Å². The summed E-state index contributed by atoms with van der Waals surface area (Å²) in [5, 5.41) is 3.40. The summed E-state index contributed by atoms with van der Waals surface area (Å²) in [4.78, 5) is 0. The zero-order valence-electron chi connectivity index (χ0n) is 12.2. The lowest BCUT2D eigenvalue weighted by Gasteiger charge is -2.33. The molecule has 0 aromatic carbocycles. The third-order valence-corrected chi connectivity index (χ3v) is 4.15. The van der Waals surface area contributed by atoms with Gasteiger partial charge in [-0.3, -0.25) is 0 Å². The van der Waals surface area contributed by atoms with Crippen LogP contribution in [0.5, 0.6) is 0 Å². The Morgan fingerprint density at radius 1 is 1.16 bits per heavy atom. The minimum atomic E-state index is -4.01. The largest absolute Gasteiger partial charge is 0.391 e. The second kappa shape index (κ2) is 8.13. The van der Waals surface area contributed by atoms with Gasteiger partial charge in [-0.1, -0.05) is 39.0 Å². The Hall–Kier alpha value is -0.250. The number of hydrogen-bond donors (Lipinski definition) is 1. The molecule has 1 nitrogen and oxygen atoms in total. The van der Waals surface area contributed by atoms with E-state index in [4.69, 9.17) is 0 Å². The lowest BCUT2D eigenvalue weighted by molar-refractivity contribution is -0.183. The van der Waals surface area contributed by atoms with E-state index in [-0.39, 0.29) is 12.5 Å². The highest BCUT2D eigenvalue weighted by atomic mass is 19.4. The molecule has 1 fully saturated rings. The van der Waals surface area contributed by atoms with Crippen LogP contribution in [0.15, 0.2) is 0 Å². The summed E-state index contributed by atoms with van der Waals surface area (Å²) >= 11 is 0. The first-order valence-corrected chi connectivity index (χ1v) is 7.76. The van der Waals surface area contributed by atoms with Crippen LogP contribution in [-0.2, 0) is 0 Å². The number of unbranched alkanes of at least 4 members (excludes halogenated alkanes) is 3. The summed E-state index contributed by atoms with van der Waals surface area (Å²) in [5.74, 6) is -1.09. The third kappa shape index (κ3) is 6.64. The van der Waals surface area contributed by atoms with E-state index in [0.717, 1.165) is 12.8 Å². The molecule has 19 heavy (non-hydrogen) atoms. The molecule has 114 valence electrons. The molecule has 0 aromatic rings. The molecule has 0 amide bonds. The third-order valence-electron chi connectivity index (χ3n) is 4.15. The molecule has 1 rings (SSSR count). The van der Waals surface area contributed by atoms with Gasteiger partial charge in [-0.15, -0.1) is 0 Å². The van der Waals surface area contributed by atoms with Gasteiger partial charge in [-0.05, 0) is 32.6 Å². The second-order valence-electron chi connectivity index (χ2n) is 6.02. The van der Waals surface area contributed by atoms with E-state index < -0.39 is 12.1 Å². The van der Waals surface area contributed by atoms with Gasteiger partial charge in [0.2, 0.25) is 0 Å². The van der Waals surface area contributed by atoms with Gasteiger partial charge < -0.3 is 5.32 Å². The van der Waals surface area contributed by atoms with Crippen LogP contribution in [0.3, 0.4) is 0 Å². The zero-order chi connectivity index (χ0) is 14.3. The van der Waals surface area contributed by atoms with Crippen molar-refractivity contribution in [2.24, 2.45) is 5.92 Å². The van der Waals surface area contributed by atoms with E-state index in [9.17, 15) is 13.2 Å². The molecule has 0 aliphatic heterocycles. The Bertz CT molecular complexity index is 240. The van der Waals surface area contributed by atoms with Gasteiger partial charge in [0.05, 0.1) is 5.92 Å². The molecule has 3 atom stereocenters. The lowest BCUT2D eigenvalue weighted by Crippen LogP contribution is -2.42. The molecule has 4 heteroatoms. The highest BCUT2D eigenvalue weighted by molar-refractivity contribution is 4.83.